The van der Waals surface area contributed by atoms with Crippen LogP contribution in [0.5, 0.6) is 0 Å². The van der Waals surface area contributed by atoms with Crippen LogP contribution in [0.4, 0.5) is 5.69 Å². The van der Waals surface area contributed by atoms with E-state index < -0.39 is 16.0 Å². The number of carboxylic acids is 1. The van der Waals surface area contributed by atoms with Gasteiger partial charge in [-0.05, 0) is 25.1 Å². The summed E-state index contributed by atoms with van der Waals surface area (Å²) in [5, 5.41) is 9.16. The third kappa shape index (κ3) is 2.95. The minimum atomic E-state index is -3.87. The van der Waals surface area contributed by atoms with Crippen molar-refractivity contribution in [3.63, 3.8) is 0 Å². The number of nitrogens with one attached hydrogen (secondary N) is 1. The molecule has 2 N–H and O–H groups in total. The van der Waals surface area contributed by atoms with Crippen molar-refractivity contribution in [3.05, 3.63) is 45.1 Å². The largest absolute Gasteiger partial charge is 0.477 e. The van der Waals surface area contributed by atoms with Gasteiger partial charge in [-0.2, -0.15) is 0 Å². The second-order valence-corrected chi connectivity index (χ2v) is 7.24. The summed E-state index contributed by atoms with van der Waals surface area (Å²) in [6, 6.07) is 7.55. The van der Waals surface area contributed by atoms with E-state index in [4.69, 9.17) is 16.7 Å². The number of rotatable bonds is 4. The van der Waals surface area contributed by atoms with Crippen LogP contribution in [0.15, 0.2) is 35.2 Å². The normalized spacial score (nSPS) is 11.3. The maximum atomic E-state index is 12.3. The van der Waals surface area contributed by atoms with Gasteiger partial charge in [0, 0.05) is 4.88 Å². The third-order valence-electron chi connectivity index (χ3n) is 2.49. The van der Waals surface area contributed by atoms with E-state index >= 15 is 0 Å². The van der Waals surface area contributed by atoms with Crippen molar-refractivity contribution in [3.8, 4) is 0 Å². The number of aromatic carboxylic acids is 1. The van der Waals surface area contributed by atoms with E-state index in [1.807, 2.05) is 0 Å². The summed E-state index contributed by atoms with van der Waals surface area (Å²) >= 11 is 6.81. The molecule has 0 bridgehead atoms. The lowest BCUT2D eigenvalue weighted by Gasteiger charge is -2.08. The molecule has 0 unspecified atom stereocenters. The zero-order valence-electron chi connectivity index (χ0n) is 10.3. The lowest BCUT2D eigenvalue weighted by Crippen LogP contribution is -2.13. The van der Waals surface area contributed by atoms with Crippen LogP contribution in [-0.2, 0) is 10.0 Å². The van der Waals surface area contributed by atoms with Crippen LogP contribution in [0.1, 0.15) is 14.5 Å². The molecule has 0 spiro atoms. The quantitative estimate of drug-likeness (QED) is 0.901. The first-order valence-corrected chi connectivity index (χ1v) is 8.10. The average molecular weight is 332 g/mol. The standard InChI is InChI=1S/C12H10ClNO4S2/c1-7-11(6-10(19-7)12(15)16)20(17,18)14-9-5-3-2-4-8(9)13/h2-6,14H,1H3,(H,15,16). The summed E-state index contributed by atoms with van der Waals surface area (Å²) in [7, 11) is -3.87. The first kappa shape index (κ1) is 14.8. The second-order valence-electron chi connectivity index (χ2n) is 3.92. The monoisotopic (exact) mass is 331 g/mol. The van der Waals surface area contributed by atoms with Crippen molar-refractivity contribution < 1.29 is 18.3 Å². The van der Waals surface area contributed by atoms with Gasteiger partial charge in [-0.25, -0.2) is 13.2 Å². The van der Waals surface area contributed by atoms with Gasteiger partial charge in [0.05, 0.1) is 10.7 Å². The summed E-state index contributed by atoms with van der Waals surface area (Å²) in [4.78, 5) is 11.2. The highest BCUT2D eigenvalue weighted by molar-refractivity contribution is 7.93. The molecule has 0 amide bonds. The summed E-state index contributed by atoms with van der Waals surface area (Å²) < 4.78 is 26.9. The Labute approximate surface area is 124 Å². The van der Waals surface area contributed by atoms with Crippen LogP contribution in [0.25, 0.3) is 0 Å². The Morgan fingerprint density at radius 3 is 2.55 bits per heavy atom. The number of thiophene rings is 1. The first-order chi connectivity index (χ1) is 9.31. The Hall–Kier alpha value is -1.57. The average Bonchev–Trinajstić information content (AvgIpc) is 2.75. The minimum Gasteiger partial charge on any atom is -0.477 e. The summed E-state index contributed by atoms with van der Waals surface area (Å²) in [5.74, 6) is -1.16. The molecule has 1 aromatic heterocycles. The van der Waals surface area contributed by atoms with Gasteiger partial charge >= 0.3 is 5.97 Å². The predicted octanol–water partition coefficient (Wildman–Crippen LogP) is 3.21. The Kier molecular flexibility index (Phi) is 4.03. The molecule has 0 atom stereocenters. The number of carboxylic acid groups (broad SMARTS) is 1. The van der Waals surface area contributed by atoms with Crippen molar-refractivity contribution >= 4 is 44.6 Å². The van der Waals surface area contributed by atoms with Crippen molar-refractivity contribution in [2.45, 2.75) is 11.8 Å². The van der Waals surface area contributed by atoms with E-state index in [2.05, 4.69) is 4.72 Å². The van der Waals surface area contributed by atoms with Gasteiger partial charge in [0.1, 0.15) is 9.77 Å². The molecule has 0 saturated carbocycles. The van der Waals surface area contributed by atoms with Gasteiger partial charge in [-0.1, -0.05) is 23.7 Å². The Morgan fingerprint density at radius 1 is 1.35 bits per heavy atom. The van der Waals surface area contributed by atoms with Crippen LogP contribution >= 0.6 is 22.9 Å². The van der Waals surface area contributed by atoms with Crippen LogP contribution in [0, 0.1) is 6.92 Å². The summed E-state index contributed by atoms with van der Waals surface area (Å²) in [5.41, 5.74) is 0.247. The number of benzene rings is 1. The highest BCUT2D eigenvalue weighted by atomic mass is 35.5. The van der Waals surface area contributed by atoms with Gasteiger partial charge < -0.3 is 5.11 Å². The maximum absolute atomic E-state index is 12.3. The minimum absolute atomic E-state index is 0.0259. The van der Waals surface area contributed by atoms with Crippen molar-refractivity contribution in [2.24, 2.45) is 0 Å². The smallest absolute Gasteiger partial charge is 0.345 e. The molecule has 0 fully saturated rings. The third-order valence-corrected chi connectivity index (χ3v) is 5.48. The van der Waals surface area contributed by atoms with E-state index in [-0.39, 0.29) is 20.5 Å². The molecule has 0 saturated heterocycles. The molecule has 0 radical (unpaired) electrons. The molecule has 2 rings (SSSR count). The van der Waals surface area contributed by atoms with E-state index in [1.54, 1.807) is 25.1 Å². The molecular weight excluding hydrogens is 322 g/mol. The molecular formula is C12H10ClNO4S2. The highest BCUT2D eigenvalue weighted by Crippen LogP contribution is 2.29. The second kappa shape index (κ2) is 5.43. The van der Waals surface area contributed by atoms with E-state index in [1.165, 1.54) is 6.07 Å². The predicted molar refractivity (Wildman–Crippen MR) is 78.3 cm³/mol. The zero-order valence-corrected chi connectivity index (χ0v) is 12.6. The van der Waals surface area contributed by atoms with Crippen LogP contribution < -0.4 is 4.72 Å². The van der Waals surface area contributed by atoms with Gasteiger partial charge in [0.25, 0.3) is 10.0 Å². The Bertz CT molecular complexity index is 768. The van der Waals surface area contributed by atoms with E-state index in [9.17, 15) is 13.2 Å². The van der Waals surface area contributed by atoms with Gasteiger partial charge in [-0.3, -0.25) is 4.72 Å². The van der Waals surface area contributed by atoms with Crippen molar-refractivity contribution in [1.82, 2.24) is 0 Å². The lowest BCUT2D eigenvalue weighted by molar-refractivity contribution is 0.0702. The lowest BCUT2D eigenvalue weighted by atomic mass is 10.3. The number of sulfonamides is 1. The fraction of sp³-hybridized carbons (Fsp3) is 0.0833. The van der Waals surface area contributed by atoms with Gasteiger partial charge in [0.2, 0.25) is 0 Å². The molecule has 0 aliphatic carbocycles. The van der Waals surface area contributed by atoms with E-state index in [0.717, 1.165) is 17.4 Å². The fourth-order valence-electron chi connectivity index (χ4n) is 1.58. The van der Waals surface area contributed by atoms with Crippen LogP contribution in [0.2, 0.25) is 5.02 Å². The molecule has 2 aromatic rings. The fourth-order valence-corrected chi connectivity index (χ4v) is 4.33. The number of anilines is 1. The number of para-hydroxylation sites is 1. The maximum Gasteiger partial charge on any atom is 0.345 e. The summed E-state index contributed by atoms with van der Waals surface area (Å²) in [6.07, 6.45) is 0. The number of aryl methyl sites for hydroxylation is 1. The van der Waals surface area contributed by atoms with Gasteiger partial charge in [-0.15, -0.1) is 11.3 Å². The first-order valence-electron chi connectivity index (χ1n) is 5.42. The topological polar surface area (TPSA) is 83.5 Å². The van der Waals surface area contributed by atoms with Crippen molar-refractivity contribution in [1.29, 1.82) is 0 Å². The number of hydrogen-bond acceptors (Lipinski definition) is 4. The number of hydrogen-bond donors (Lipinski definition) is 2. The number of carbonyl (C=O) groups is 1. The molecule has 106 valence electrons. The molecule has 0 aliphatic heterocycles. The molecule has 1 aromatic carbocycles. The Balaban J connectivity index is 2.41. The van der Waals surface area contributed by atoms with Gasteiger partial charge in [0.15, 0.2) is 0 Å². The molecule has 5 nitrogen and oxygen atoms in total. The van der Waals surface area contributed by atoms with Crippen molar-refractivity contribution in [2.75, 3.05) is 4.72 Å². The summed E-state index contributed by atoms with van der Waals surface area (Å²) in [6.45, 7) is 1.55. The highest BCUT2D eigenvalue weighted by Gasteiger charge is 2.22. The SMILES string of the molecule is Cc1sc(C(=O)O)cc1S(=O)(=O)Nc1ccccc1Cl. The molecule has 1 heterocycles. The number of halogens is 1. The Morgan fingerprint density at radius 2 is 2.00 bits per heavy atom. The molecule has 0 aliphatic rings. The molecule has 20 heavy (non-hydrogen) atoms. The molecule has 8 heteroatoms. The van der Waals surface area contributed by atoms with E-state index in [0.29, 0.717) is 4.88 Å². The van der Waals surface area contributed by atoms with Crippen LogP contribution in [-0.4, -0.2) is 19.5 Å². The van der Waals surface area contributed by atoms with Crippen LogP contribution in [0.3, 0.4) is 0 Å². The zero-order chi connectivity index (χ0) is 14.9.